The Kier molecular flexibility index (Phi) is 5.17. The molecule has 0 saturated heterocycles. The van der Waals surface area contributed by atoms with E-state index in [9.17, 15) is 9.59 Å². The second kappa shape index (κ2) is 6.23. The number of carbonyl (C=O) groups excluding carboxylic acids is 1. The van der Waals surface area contributed by atoms with E-state index >= 15 is 0 Å². The number of hydrogen-bond donors (Lipinski definition) is 3. The minimum Gasteiger partial charge on any atom is -0.478 e. The first-order valence-corrected chi connectivity index (χ1v) is 6.28. The van der Waals surface area contributed by atoms with Crippen molar-refractivity contribution in [3.63, 3.8) is 0 Å². The summed E-state index contributed by atoms with van der Waals surface area (Å²) in [6, 6.07) is 1.81. The number of amides is 1. The molecule has 0 saturated carbocycles. The predicted molar refractivity (Wildman–Crippen MR) is 74.9 cm³/mol. The van der Waals surface area contributed by atoms with E-state index in [4.69, 9.17) is 34.0 Å². The minimum absolute atomic E-state index is 0.000309. The smallest absolute Gasteiger partial charge is 0.337 e. The molecule has 0 aliphatic heterocycles. The summed E-state index contributed by atoms with van der Waals surface area (Å²) in [4.78, 5) is 23.0. The third kappa shape index (κ3) is 3.83. The Morgan fingerprint density at radius 3 is 2.37 bits per heavy atom. The fourth-order valence-corrected chi connectivity index (χ4v) is 1.92. The van der Waals surface area contributed by atoms with Gasteiger partial charge >= 0.3 is 5.97 Å². The van der Waals surface area contributed by atoms with Gasteiger partial charge in [-0.2, -0.15) is 0 Å². The molecule has 0 fully saturated rings. The van der Waals surface area contributed by atoms with Crippen molar-refractivity contribution in [2.24, 2.45) is 11.7 Å². The second-order valence-electron chi connectivity index (χ2n) is 4.37. The minimum atomic E-state index is -1.24. The molecule has 0 aliphatic rings. The third-order valence-corrected chi connectivity index (χ3v) is 3.07. The lowest BCUT2D eigenvalue weighted by Crippen LogP contribution is -2.40. The molecule has 1 atom stereocenters. The molecule has 0 bridgehead atoms. The summed E-state index contributed by atoms with van der Waals surface area (Å²) in [5.74, 6) is -1.82. The number of carboxylic acid groups (broad SMARTS) is 1. The number of anilines is 1. The first-order valence-electron chi connectivity index (χ1n) is 5.52. The van der Waals surface area contributed by atoms with Gasteiger partial charge in [0, 0.05) is 5.02 Å². The molecule has 0 radical (unpaired) electrons. The van der Waals surface area contributed by atoms with Gasteiger partial charge in [0.1, 0.15) is 0 Å². The van der Waals surface area contributed by atoms with Gasteiger partial charge in [0.05, 0.1) is 22.3 Å². The Labute approximate surface area is 120 Å². The van der Waals surface area contributed by atoms with Crippen LogP contribution in [0.25, 0.3) is 0 Å². The molecule has 0 heterocycles. The van der Waals surface area contributed by atoms with Crippen molar-refractivity contribution < 1.29 is 14.7 Å². The number of carboxylic acids is 1. The van der Waals surface area contributed by atoms with Gasteiger partial charge in [-0.15, -0.1) is 0 Å². The third-order valence-electron chi connectivity index (χ3n) is 2.55. The van der Waals surface area contributed by atoms with Crippen molar-refractivity contribution in [3.8, 4) is 0 Å². The standard InChI is InChI=1S/C12H14Cl2N2O3/c1-5(2)9(15)11(17)16-10-7(12(18)19)3-6(13)4-8(10)14/h3-5,9H,15H2,1-2H3,(H,16,17)(H,18,19). The average molecular weight is 305 g/mol. The second-order valence-corrected chi connectivity index (χ2v) is 5.22. The van der Waals surface area contributed by atoms with Gasteiger partial charge in [0.25, 0.3) is 0 Å². The summed E-state index contributed by atoms with van der Waals surface area (Å²) >= 11 is 11.6. The number of carbonyl (C=O) groups is 2. The Balaban J connectivity index is 3.14. The van der Waals surface area contributed by atoms with Crippen LogP contribution in [-0.4, -0.2) is 23.0 Å². The molecular weight excluding hydrogens is 291 g/mol. The van der Waals surface area contributed by atoms with Gasteiger partial charge in [-0.25, -0.2) is 4.79 Å². The maximum Gasteiger partial charge on any atom is 0.337 e. The molecule has 1 aromatic carbocycles. The van der Waals surface area contributed by atoms with Crippen molar-refractivity contribution in [1.29, 1.82) is 0 Å². The zero-order chi connectivity index (χ0) is 14.7. The lowest BCUT2D eigenvalue weighted by Gasteiger charge is -2.17. The summed E-state index contributed by atoms with van der Waals surface area (Å²) in [6.45, 7) is 3.57. The number of halogens is 2. The summed E-state index contributed by atoms with van der Waals surface area (Å²) in [6.07, 6.45) is 0. The summed E-state index contributed by atoms with van der Waals surface area (Å²) in [5, 5.41) is 11.7. The van der Waals surface area contributed by atoms with Crippen LogP contribution in [0.5, 0.6) is 0 Å². The van der Waals surface area contributed by atoms with E-state index in [1.807, 2.05) is 0 Å². The molecule has 1 unspecified atom stereocenters. The van der Waals surface area contributed by atoms with Crippen molar-refractivity contribution in [3.05, 3.63) is 27.7 Å². The van der Waals surface area contributed by atoms with Gasteiger partial charge in [-0.1, -0.05) is 37.0 Å². The Bertz CT molecular complexity index is 518. The Morgan fingerprint density at radius 2 is 1.89 bits per heavy atom. The van der Waals surface area contributed by atoms with Crippen LogP contribution >= 0.6 is 23.2 Å². The van der Waals surface area contributed by atoms with E-state index in [-0.39, 0.29) is 27.2 Å². The van der Waals surface area contributed by atoms with Crippen LogP contribution in [0.15, 0.2) is 12.1 Å². The zero-order valence-electron chi connectivity index (χ0n) is 10.4. The van der Waals surface area contributed by atoms with Gasteiger partial charge < -0.3 is 16.2 Å². The topological polar surface area (TPSA) is 92.4 Å². The molecule has 1 amide bonds. The largest absolute Gasteiger partial charge is 0.478 e. The van der Waals surface area contributed by atoms with Crippen molar-refractivity contribution in [1.82, 2.24) is 0 Å². The van der Waals surface area contributed by atoms with Crippen LogP contribution in [0.3, 0.4) is 0 Å². The SMILES string of the molecule is CC(C)C(N)C(=O)Nc1c(Cl)cc(Cl)cc1C(=O)O. The van der Waals surface area contributed by atoms with Crippen LogP contribution in [0.4, 0.5) is 5.69 Å². The summed E-state index contributed by atoms with van der Waals surface area (Å²) < 4.78 is 0. The fraction of sp³-hybridized carbons (Fsp3) is 0.333. The van der Waals surface area contributed by atoms with E-state index in [0.29, 0.717) is 0 Å². The molecule has 1 rings (SSSR count). The number of nitrogens with two attached hydrogens (primary N) is 1. The highest BCUT2D eigenvalue weighted by molar-refractivity contribution is 6.37. The first-order chi connectivity index (χ1) is 8.73. The molecule has 7 heteroatoms. The zero-order valence-corrected chi connectivity index (χ0v) is 11.9. The lowest BCUT2D eigenvalue weighted by molar-refractivity contribution is -0.118. The van der Waals surface area contributed by atoms with E-state index in [1.165, 1.54) is 12.1 Å². The molecule has 104 valence electrons. The van der Waals surface area contributed by atoms with Gasteiger partial charge in [-0.05, 0) is 18.1 Å². The van der Waals surface area contributed by atoms with Gasteiger partial charge in [0.2, 0.25) is 5.91 Å². The van der Waals surface area contributed by atoms with E-state index in [2.05, 4.69) is 5.32 Å². The maximum absolute atomic E-state index is 11.8. The Hall–Kier alpha value is -1.30. The Morgan fingerprint density at radius 1 is 1.32 bits per heavy atom. The van der Waals surface area contributed by atoms with Gasteiger partial charge in [-0.3, -0.25) is 4.79 Å². The molecule has 1 aromatic rings. The summed E-state index contributed by atoms with van der Waals surface area (Å²) in [7, 11) is 0. The van der Waals surface area contributed by atoms with E-state index in [0.717, 1.165) is 0 Å². The number of benzene rings is 1. The van der Waals surface area contributed by atoms with E-state index in [1.54, 1.807) is 13.8 Å². The fourth-order valence-electron chi connectivity index (χ4n) is 1.38. The van der Waals surface area contributed by atoms with Crippen LogP contribution in [-0.2, 0) is 4.79 Å². The number of hydrogen-bond acceptors (Lipinski definition) is 3. The lowest BCUT2D eigenvalue weighted by atomic mass is 10.0. The molecular formula is C12H14Cl2N2O3. The first kappa shape index (κ1) is 15.8. The van der Waals surface area contributed by atoms with E-state index < -0.39 is 17.9 Å². The predicted octanol–water partition coefficient (Wildman–Crippen LogP) is 2.61. The summed E-state index contributed by atoms with van der Waals surface area (Å²) in [5.41, 5.74) is 5.51. The number of nitrogens with one attached hydrogen (secondary N) is 1. The maximum atomic E-state index is 11.8. The normalized spacial score (nSPS) is 12.3. The molecule has 4 N–H and O–H groups in total. The monoisotopic (exact) mass is 304 g/mol. The highest BCUT2D eigenvalue weighted by Crippen LogP contribution is 2.30. The average Bonchev–Trinajstić information content (AvgIpc) is 2.30. The molecule has 5 nitrogen and oxygen atoms in total. The number of aromatic carboxylic acids is 1. The molecule has 0 aliphatic carbocycles. The molecule has 0 spiro atoms. The van der Waals surface area contributed by atoms with Crippen molar-refractivity contribution >= 4 is 40.8 Å². The highest BCUT2D eigenvalue weighted by Gasteiger charge is 2.22. The van der Waals surface area contributed by atoms with Crippen LogP contribution < -0.4 is 11.1 Å². The number of rotatable bonds is 4. The van der Waals surface area contributed by atoms with Crippen LogP contribution in [0.1, 0.15) is 24.2 Å². The van der Waals surface area contributed by atoms with Gasteiger partial charge in [0.15, 0.2) is 0 Å². The molecule has 19 heavy (non-hydrogen) atoms. The van der Waals surface area contributed by atoms with Crippen LogP contribution in [0.2, 0.25) is 10.0 Å². The highest BCUT2D eigenvalue weighted by atomic mass is 35.5. The molecule has 0 aromatic heterocycles. The van der Waals surface area contributed by atoms with Crippen LogP contribution in [0, 0.1) is 5.92 Å². The van der Waals surface area contributed by atoms with Crippen molar-refractivity contribution in [2.75, 3.05) is 5.32 Å². The van der Waals surface area contributed by atoms with Crippen molar-refractivity contribution in [2.45, 2.75) is 19.9 Å². The quantitative estimate of drug-likeness (QED) is 0.797.